The summed E-state index contributed by atoms with van der Waals surface area (Å²) < 4.78 is 5.51. The Morgan fingerprint density at radius 3 is 2.39 bits per heavy atom. The number of carbonyl (C=O) groups excluding carboxylic acids is 2. The zero-order chi connectivity index (χ0) is 21.2. The zero-order valence-corrected chi connectivity index (χ0v) is 17.4. The highest BCUT2D eigenvalue weighted by atomic mass is 16.5. The minimum Gasteiger partial charge on any atom is -0.368 e. The molecule has 0 bridgehead atoms. The van der Waals surface area contributed by atoms with Crippen molar-refractivity contribution in [1.82, 2.24) is 14.8 Å². The van der Waals surface area contributed by atoms with Crippen molar-refractivity contribution >= 4 is 22.7 Å². The van der Waals surface area contributed by atoms with E-state index >= 15 is 0 Å². The van der Waals surface area contributed by atoms with Gasteiger partial charge < -0.3 is 14.5 Å². The number of rotatable bonds is 3. The second-order valence-corrected chi connectivity index (χ2v) is 8.11. The first-order chi connectivity index (χ1) is 15.2. The molecule has 2 fully saturated rings. The van der Waals surface area contributed by atoms with Crippen molar-refractivity contribution in [1.29, 1.82) is 0 Å². The minimum absolute atomic E-state index is 0.0125. The maximum Gasteiger partial charge on any atom is 0.253 e. The van der Waals surface area contributed by atoms with Crippen molar-refractivity contribution in [3.8, 4) is 11.1 Å². The topological polar surface area (TPSA) is 62.7 Å². The van der Waals surface area contributed by atoms with E-state index in [4.69, 9.17) is 4.74 Å². The lowest BCUT2D eigenvalue weighted by atomic mass is 10.0. The Morgan fingerprint density at radius 1 is 0.903 bits per heavy atom. The first kappa shape index (κ1) is 19.7. The Morgan fingerprint density at radius 2 is 1.65 bits per heavy atom. The van der Waals surface area contributed by atoms with Crippen LogP contribution < -0.4 is 0 Å². The number of hydrogen-bond acceptors (Lipinski definition) is 4. The number of piperazine rings is 1. The number of pyridine rings is 1. The summed E-state index contributed by atoms with van der Waals surface area (Å²) in [5.41, 5.74) is 3.80. The van der Waals surface area contributed by atoms with Gasteiger partial charge in [-0.3, -0.25) is 14.6 Å². The Bertz CT molecular complexity index is 1100. The van der Waals surface area contributed by atoms with E-state index in [1.807, 2.05) is 52.3 Å². The fourth-order valence-corrected chi connectivity index (χ4v) is 4.35. The molecule has 2 aliphatic heterocycles. The van der Waals surface area contributed by atoms with Gasteiger partial charge in [0.2, 0.25) is 0 Å². The fraction of sp³-hybridized carbons (Fsp3) is 0.320. The number of ether oxygens (including phenoxy) is 1. The molecule has 0 radical (unpaired) electrons. The van der Waals surface area contributed by atoms with Crippen LogP contribution in [0.15, 0.2) is 60.8 Å². The molecule has 1 aromatic heterocycles. The molecular formula is C25H25N3O3. The third kappa shape index (κ3) is 4.03. The van der Waals surface area contributed by atoms with E-state index in [1.54, 1.807) is 6.20 Å². The van der Waals surface area contributed by atoms with E-state index in [1.165, 1.54) is 0 Å². The predicted octanol–water partition coefficient (Wildman–Crippen LogP) is 3.37. The number of amides is 2. The molecule has 2 aliphatic rings. The molecule has 5 rings (SSSR count). The maximum absolute atomic E-state index is 12.9. The van der Waals surface area contributed by atoms with Gasteiger partial charge in [-0.15, -0.1) is 0 Å². The normalized spacial score (nSPS) is 19.0. The van der Waals surface area contributed by atoms with Crippen LogP contribution in [0.3, 0.4) is 0 Å². The van der Waals surface area contributed by atoms with Gasteiger partial charge in [-0.25, -0.2) is 0 Å². The Labute approximate surface area is 181 Å². The highest BCUT2D eigenvalue weighted by Gasteiger charge is 2.31. The molecule has 3 heterocycles. The van der Waals surface area contributed by atoms with E-state index in [9.17, 15) is 9.59 Å². The zero-order valence-electron chi connectivity index (χ0n) is 17.4. The number of nitrogens with zero attached hydrogens (tertiary/aromatic N) is 3. The smallest absolute Gasteiger partial charge is 0.253 e. The van der Waals surface area contributed by atoms with Crippen LogP contribution in [0.5, 0.6) is 0 Å². The minimum atomic E-state index is -0.291. The van der Waals surface area contributed by atoms with Gasteiger partial charge in [-0.2, -0.15) is 0 Å². The Balaban J connectivity index is 1.23. The van der Waals surface area contributed by atoms with Crippen LogP contribution in [0.25, 0.3) is 22.0 Å². The summed E-state index contributed by atoms with van der Waals surface area (Å²) in [6, 6.07) is 17.9. The van der Waals surface area contributed by atoms with Crippen molar-refractivity contribution in [2.75, 3.05) is 32.8 Å². The SMILES string of the molecule is O=C(c1ccc(-c2ccc3ncccc3c2)cc1)N1CCN(C(=O)[C@@H]2CCCO2)CC1. The molecule has 0 N–H and O–H groups in total. The highest BCUT2D eigenvalue weighted by Crippen LogP contribution is 2.24. The summed E-state index contributed by atoms with van der Waals surface area (Å²) >= 11 is 0. The largest absolute Gasteiger partial charge is 0.368 e. The van der Waals surface area contributed by atoms with E-state index in [0.29, 0.717) is 38.3 Å². The third-order valence-corrected chi connectivity index (χ3v) is 6.15. The first-order valence-electron chi connectivity index (χ1n) is 10.8. The molecular weight excluding hydrogens is 390 g/mol. The standard InChI is InChI=1S/C25H25N3O3/c29-24(27-12-14-28(15-13-27)25(30)23-4-2-16-31-23)19-7-5-18(6-8-19)20-9-10-22-21(17-20)3-1-11-26-22/h1,3,5-11,17,23H,2,4,12-16H2/t23-/m0/s1. The van der Waals surface area contributed by atoms with Crippen LogP contribution in [0.2, 0.25) is 0 Å². The number of benzene rings is 2. The Kier molecular flexibility index (Phi) is 5.38. The van der Waals surface area contributed by atoms with Crippen molar-refractivity contribution in [3.63, 3.8) is 0 Å². The maximum atomic E-state index is 12.9. The van der Waals surface area contributed by atoms with E-state index in [-0.39, 0.29) is 17.9 Å². The first-order valence-corrected chi connectivity index (χ1v) is 10.8. The molecule has 6 nitrogen and oxygen atoms in total. The van der Waals surface area contributed by atoms with Crippen LogP contribution >= 0.6 is 0 Å². The van der Waals surface area contributed by atoms with Crippen molar-refractivity contribution in [2.24, 2.45) is 0 Å². The van der Waals surface area contributed by atoms with Gasteiger partial charge in [0.1, 0.15) is 6.10 Å². The number of fused-ring (bicyclic) bond motifs is 1. The molecule has 0 saturated carbocycles. The van der Waals surface area contributed by atoms with Crippen molar-refractivity contribution < 1.29 is 14.3 Å². The van der Waals surface area contributed by atoms with E-state index in [2.05, 4.69) is 17.1 Å². The van der Waals surface area contributed by atoms with Crippen LogP contribution in [-0.2, 0) is 9.53 Å². The second-order valence-electron chi connectivity index (χ2n) is 8.11. The molecule has 0 aliphatic carbocycles. The van der Waals surface area contributed by atoms with Gasteiger partial charge in [0.25, 0.3) is 11.8 Å². The van der Waals surface area contributed by atoms with Crippen molar-refractivity contribution in [3.05, 3.63) is 66.4 Å². The second kappa shape index (κ2) is 8.47. The van der Waals surface area contributed by atoms with Gasteiger partial charge in [0.15, 0.2) is 0 Å². The molecule has 6 heteroatoms. The predicted molar refractivity (Wildman–Crippen MR) is 119 cm³/mol. The molecule has 2 saturated heterocycles. The van der Waals surface area contributed by atoms with Gasteiger partial charge in [-0.1, -0.05) is 24.3 Å². The van der Waals surface area contributed by atoms with E-state index < -0.39 is 0 Å². The number of hydrogen-bond donors (Lipinski definition) is 0. The molecule has 158 valence electrons. The summed E-state index contributed by atoms with van der Waals surface area (Å²) in [6.07, 6.45) is 3.25. The summed E-state index contributed by atoms with van der Waals surface area (Å²) in [4.78, 5) is 33.5. The lowest BCUT2D eigenvalue weighted by Crippen LogP contribution is -2.52. The summed E-state index contributed by atoms with van der Waals surface area (Å²) in [5.74, 6) is 0.0815. The lowest BCUT2D eigenvalue weighted by Gasteiger charge is -2.35. The molecule has 0 spiro atoms. The van der Waals surface area contributed by atoms with Crippen molar-refractivity contribution in [2.45, 2.75) is 18.9 Å². The lowest BCUT2D eigenvalue weighted by molar-refractivity contribution is -0.142. The average molecular weight is 415 g/mol. The average Bonchev–Trinajstić information content (AvgIpc) is 3.38. The summed E-state index contributed by atoms with van der Waals surface area (Å²) in [6.45, 7) is 2.90. The van der Waals surface area contributed by atoms with Crippen LogP contribution in [0, 0.1) is 0 Å². The van der Waals surface area contributed by atoms with Crippen LogP contribution in [0.4, 0.5) is 0 Å². The number of carbonyl (C=O) groups is 2. The fourth-order valence-electron chi connectivity index (χ4n) is 4.35. The van der Waals surface area contributed by atoms with Gasteiger partial charge in [0, 0.05) is 49.9 Å². The van der Waals surface area contributed by atoms with Gasteiger partial charge in [-0.05, 0) is 54.3 Å². The monoisotopic (exact) mass is 415 g/mol. The van der Waals surface area contributed by atoms with E-state index in [0.717, 1.165) is 34.9 Å². The quantitative estimate of drug-likeness (QED) is 0.658. The Hall–Kier alpha value is -3.25. The summed E-state index contributed by atoms with van der Waals surface area (Å²) in [7, 11) is 0. The van der Waals surface area contributed by atoms with Gasteiger partial charge >= 0.3 is 0 Å². The van der Waals surface area contributed by atoms with Crippen LogP contribution in [-0.4, -0.2) is 65.5 Å². The molecule has 2 aromatic carbocycles. The molecule has 3 aromatic rings. The highest BCUT2D eigenvalue weighted by molar-refractivity contribution is 5.95. The number of aromatic nitrogens is 1. The molecule has 1 atom stereocenters. The summed E-state index contributed by atoms with van der Waals surface area (Å²) in [5, 5.41) is 1.09. The molecule has 31 heavy (non-hydrogen) atoms. The van der Waals surface area contributed by atoms with Crippen LogP contribution in [0.1, 0.15) is 23.2 Å². The third-order valence-electron chi connectivity index (χ3n) is 6.15. The van der Waals surface area contributed by atoms with Gasteiger partial charge in [0.05, 0.1) is 5.52 Å². The molecule has 0 unspecified atom stereocenters. The molecule has 2 amide bonds.